The van der Waals surface area contributed by atoms with Crippen molar-refractivity contribution in [3.63, 3.8) is 0 Å². The van der Waals surface area contributed by atoms with E-state index >= 15 is 0 Å². The molecule has 70 valence electrons. The van der Waals surface area contributed by atoms with Gasteiger partial charge in [-0.2, -0.15) is 12.6 Å². The molecule has 5 heteroatoms. The molecule has 0 aromatic heterocycles. The third kappa shape index (κ3) is 4.28. The molecule has 0 atom stereocenters. The Morgan fingerprint density at radius 1 is 1.29 bits per heavy atom. The second kappa shape index (κ2) is 7.06. The number of benzene rings is 1. The van der Waals surface area contributed by atoms with E-state index in [4.69, 9.17) is 0 Å². The Labute approximate surface area is 111 Å². The standard InChI is InChI=1S/C9H8O3S.Na.H/c10-8(6-13)12-9(11)7-4-2-1-3-5-7;;/h1-5,13H,6H2;;/q;+1;-1. The number of esters is 2. The van der Waals surface area contributed by atoms with Gasteiger partial charge >= 0.3 is 41.5 Å². The summed E-state index contributed by atoms with van der Waals surface area (Å²) in [6, 6.07) is 8.32. The minimum atomic E-state index is -0.641. The molecule has 1 rings (SSSR count). The summed E-state index contributed by atoms with van der Waals surface area (Å²) in [6.07, 6.45) is 0. The molecule has 0 saturated heterocycles. The van der Waals surface area contributed by atoms with Gasteiger partial charge in [0, 0.05) is 0 Å². The molecule has 3 nitrogen and oxygen atoms in total. The van der Waals surface area contributed by atoms with Crippen LogP contribution < -0.4 is 29.6 Å². The van der Waals surface area contributed by atoms with Gasteiger partial charge in [0.2, 0.25) is 0 Å². The van der Waals surface area contributed by atoms with Gasteiger partial charge in [-0.3, -0.25) is 4.79 Å². The second-order valence-electron chi connectivity index (χ2n) is 2.29. The first kappa shape index (κ1) is 13.7. The minimum absolute atomic E-state index is 0. The van der Waals surface area contributed by atoms with Crippen molar-refractivity contribution in [2.24, 2.45) is 0 Å². The van der Waals surface area contributed by atoms with Gasteiger partial charge < -0.3 is 6.16 Å². The quantitative estimate of drug-likeness (QED) is 0.283. The number of carbonyl (C=O) groups is 2. The number of thiol groups is 1. The van der Waals surface area contributed by atoms with Gasteiger partial charge in [-0.1, -0.05) is 18.2 Å². The number of rotatable bonds is 2. The first-order chi connectivity index (χ1) is 6.24. The predicted octanol–water partition coefficient (Wildman–Crippen LogP) is -1.58. The molecule has 0 spiro atoms. The van der Waals surface area contributed by atoms with Gasteiger partial charge in [-0.25, -0.2) is 4.79 Å². The summed E-state index contributed by atoms with van der Waals surface area (Å²) in [4.78, 5) is 21.8. The van der Waals surface area contributed by atoms with Crippen molar-refractivity contribution in [1.82, 2.24) is 0 Å². The Morgan fingerprint density at radius 3 is 2.36 bits per heavy atom. The maximum absolute atomic E-state index is 11.1. The Morgan fingerprint density at radius 2 is 1.86 bits per heavy atom. The molecule has 0 aliphatic rings. The van der Waals surface area contributed by atoms with Crippen LogP contribution in [0.3, 0.4) is 0 Å². The molecule has 0 N–H and O–H groups in total. The summed E-state index contributed by atoms with van der Waals surface area (Å²) in [5.41, 5.74) is 0.359. The van der Waals surface area contributed by atoms with E-state index in [0.717, 1.165) is 0 Å². The second-order valence-corrected chi connectivity index (χ2v) is 2.60. The van der Waals surface area contributed by atoms with E-state index in [1.165, 1.54) is 0 Å². The summed E-state index contributed by atoms with van der Waals surface area (Å²) < 4.78 is 4.43. The van der Waals surface area contributed by atoms with E-state index in [0.29, 0.717) is 5.56 Å². The number of hydrogen-bond acceptors (Lipinski definition) is 4. The van der Waals surface area contributed by atoms with E-state index in [2.05, 4.69) is 17.4 Å². The fourth-order valence-electron chi connectivity index (χ4n) is 0.769. The van der Waals surface area contributed by atoms with Crippen LogP contribution in [-0.2, 0) is 9.53 Å². The number of ether oxygens (including phenoxy) is 1. The molecule has 0 aliphatic heterocycles. The van der Waals surface area contributed by atoms with Crippen LogP contribution in [0.5, 0.6) is 0 Å². The van der Waals surface area contributed by atoms with Gasteiger partial charge in [0.1, 0.15) is 0 Å². The third-order valence-electron chi connectivity index (χ3n) is 1.35. The van der Waals surface area contributed by atoms with Crippen LogP contribution in [0.15, 0.2) is 30.3 Å². The van der Waals surface area contributed by atoms with Crippen molar-refractivity contribution in [2.45, 2.75) is 0 Å². The Bertz CT molecular complexity index is 318. The average molecular weight is 220 g/mol. The van der Waals surface area contributed by atoms with Crippen LogP contribution in [0, 0.1) is 0 Å². The summed E-state index contributed by atoms with van der Waals surface area (Å²) in [5, 5.41) is 0. The monoisotopic (exact) mass is 220 g/mol. The summed E-state index contributed by atoms with van der Waals surface area (Å²) in [7, 11) is 0. The Hall–Kier alpha value is -0.290. The molecular formula is C9H9NaO3S. The summed E-state index contributed by atoms with van der Waals surface area (Å²) in [5.74, 6) is -1.38. The van der Waals surface area contributed by atoms with Crippen molar-refractivity contribution in [1.29, 1.82) is 0 Å². The smallest absolute Gasteiger partial charge is 1.00 e. The maximum atomic E-state index is 11.1. The first-order valence-corrected chi connectivity index (χ1v) is 4.28. The van der Waals surface area contributed by atoms with Gasteiger partial charge in [0.15, 0.2) is 0 Å². The van der Waals surface area contributed by atoms with Gasteiger partial charge in [-0.05, 0) is 12.1 Å². The molecule has 0 saturated carbocycles. The summed E-state index contributed by atoms with van der Waals surface area (Å²) in [6.45, 7) is 0. The van der Waals surface area contributed by atoms with Crippen LogP contribution in [0.1, 0.15) is 11.8 Å². The molecule has 0 bridgehead atoms. The molecule has 1 aromatic carbocycles. The van der Waals surface area contributed by atoms with Crippen LogP contribution in [-0.4, -0.2) is 17.7 Å². The molecule has 14 heavy (non-hydrogen) atoms. The molecule has 0 amide bonds. The molecule has 0 radical (unpaired) electrons. The molecule has 0 aliphatic carbocycles. The molecule has 0 heterocycles. The van der Waals surface area contributed by atoms with Crippen LogP contribution in [0.2, 0.25) is 0 Å². The van der Waals surface area contributed by atoms with Crippen molar-refractivity contribution in [2.75, 3.05) is 5.75 Å². The zero-order valence-electron chi connectivity index (χ0n) is 8.77. The van der Waals surface area contributed by atoms with Gasteiger partial charge in [0.05, 0.1) is 11.3 Å². The van der Waals surface area contributed by atoms with Crippen LogP contribution >= 0.6 is 12.6 Å². The first-order valence-electron chi connectivity index (χ1n) is 3.65. The largest absolute Gasteiger partial charge is 1.00 e. The van der Waals surface area contributed by atoms with Gasteiger partial charge in [0.25, 0.3) is 0 Å². The van der Waals surface area contributed by atoms with Crippen molar-refractivity contribution in [3.8, 4) is 0 Å². The summed E-state index contributed by atoms with van der Waals surface area (Å²) >= 11 is 3.68. The Kier molecular flexibility index (Phi) is 6.92. The van der Waals surface area contributed by atoms with Crippen LogP contribution in [0.4, 0.5) is 0 Å². The van der Waals surface area contributed by atoms with Crippen molar-refractivity contribution in [3.05, 3.63) is 35.9 Å². The normalized spacial score (nSPS) is 8.64. The van der Waals surface area contributed by atoms with Crippen molar-refractivity contribution < 1.29 is 45.3 Å². The molecular weight excluding hydrogens is 211 g/mol. The Balaban J connectivity index is 0. The van der Waals surface area contributed by atoms with E-state index in [9.17, 15) is 9.59 Å². The zero-order valence-corrected chi connectivity index (χ0v) is 10.7. The minimum Gasteiger partial charge on any atom is -1.00 e. The van der Waals surface area contributed by atoms with Crippen LogP contribution in [0.25, 0.3) is 0 Å². The topological polar surface area (TPSA) is 43.4 Å². The molecule has 0 fully saturated rings. The average Bonchev–Trinajstić information content (AvgIpc) is 2.19. The zero-order chi connectivity index (χ0) is 9.68. The fourth-order valence-corrected chi connectivity index (χ4v) is 0.833. The van der Waals surface area contributed by atoms with Crippen molar-refractivity contribution >= 4 is 24.6 Å². The third-order valence-corrected chi connectivity index (χ3v) is 1.60. The predicted molar refractivity (Wildman–Crippen MR) is 51.8 cm³/mol. The van der Waals surface area contributed by atoms with E-state index in [-0.39, 0.29) is 36.7 Å². The number of carbonyl (C=O) groups excluding carboxylic acids is 2. The maximum Gasteiger partial charge on any atom is 1.00 e. The number of hydrogen-bond donors (Lipinski definition) is 1. The molecule has 1 aromatic rings. The van der Waals surface area contributed by atoms with E-state index in [1.54, 1.807) is 30.3 Å². The fraction of sp³-hybridized carbons (Fsp3) is 0.111. The van der Waals surface area contributed by atoms with E-state index < -0.39 is 11.9 Å². The van der Waals surface area contributed by atoms with E-state index in [1.807, 2.05) is 0 Å². The SMILES string of the molecule is O=C(CS)OC(=O)c1ccccc1.[H-].[Na+]. The van der Waals surface area contributed by atoms with Gasteiger partial charge in [-0.15, -0.1) is 0 Å². The molecule has 0 unspecified atom stereocenters.